The van der Waals surface area contributed by atoms with Crippen molar-refractivity contribution in [2.45, 2.75) is 34.5 Å². The average molecular weight is 452 g/mol. The Morgan fingerprint density at radius 3 is 1.72 bits per heavy atom. The quantitative estimate of drug-likeness (QED) is 0.212. The Morgan fingerprint density at radius 2 is 1.16 bits per heavy atom. The second-order valence-corrected chi connectivity index (χ2v) is 10.7. The molecule has 0 bridgehead atoms. The summed E-state index contributed by atoms with van der Waals surface area (Å²) in [6.45, 7) is 4.29. The maximum atomic E-state index is 13.6. The third-order valence-electron chi connectivity index (χ3n) is 5.87. The van der Waals surface area contributed by atoms with E-state index in [0.29, 0.717) is 11.5 Å². The zero-order chi connectivity index (χ0) is 22.2. The van der Waals surface area contributed by atoms with Crippen LogP contribution in [0, 0.1) is 0 Å². The van der Waals surface area contributed by atoms with Crippen molar-refractivity contribution in [2.24, 2.45) is 0 Å². The van der Waals surface area contributed by atoms with E-state index < -0.39 is 0 Å². The molecule has 0 atom stereocenters. The molecule has 0 spiro atoms. The number of hydrogen-bond acceptors (Lipinski definition) is 2. The van der Waals surface area contributed by atoms with E-state index in [4.69, 9.17) is 12.2 Å². The molecule has 5 rings (SSSR count). The molecule has 0 N–H and O–H groups in total. The minimum atomic E-state index is -0.304. The van der Waals surface area contributed by atoms with Gasteiger partial charge < -0.3 is 0 Å². The van der Waals surface area contributed by atoms with Crippen LogP contribution in [0.4, 0.5) is 0 Å². The third kappa shape index (κ3) is 3.62. The maximum absolute atomic E-state index is 13.6. The van der Waals surface area contributed by atoms with Crippen LogP contribution in [0.15, 0.2) is 112 Å². The highest BCUT2D eigenvalue weighted by Crippen LogP contribution is 2.36. The van der Waals surface area contributed by atoms with Crippen LogP contribution in [0.25, 0.3) is 0 Å². The Morgan fingerprint density at radius 1 is 0.625 bits per heavy atom. The molecule has 0 saturated heterocycles. The van der Waals surface area contributed by atoms with Gasteiger partial charge in [-0.1, -0.05) is 74.6 Å². The van der Waals surface area contributed by atoms with Crippen molar-refractivity contribution in [1.29, 1.82) is 0 Å². The van der Waals surface area contributed by atoms with E-state index in [1.807, 2.05) is 30.3 Å². The van der Waals surface area contributed by atoms with Crippen LogP contribution < -0.4 is 0 Å². The lowest BCUT2D eigenvalue weighted by atomic mass is 9.83. The van der Waals surface area contributed by atoms with Gasteiger partial charge in [-0.3, -0.25) is 4.79 Å². The maximum Gasteiger partial charge on any atom is 0.194 e. The van der Waals surface area contributed by atoms with Crippen molar-refractivity contribution >= 4 is 33.8 Å². The predicted molar refractivity (Wildman–Crippen MR) is 136 cm³/mol. The zero-order valence-electron chi connectivity index (χ0n) is 18.0. The lowest BCUT2D eigenvalue weighted by Crippen LogP contribution is -2.21. The van der Waals surface area contributed by atoms with Gasteiger partial charge in [-0.25, -0.2) is 0 Å². The smallest absolute Gasteiger partial charge is 0.194 e. The minimum absolute atomic E-state index is 0.0672. The molecule has 0 saturated carbocycles. The van der Waals surface area contributed by atoms with Gasteiger partial charge in [-0.2, -0.15) is 0 Å². The van der Waals surface area contributed by atoms with Crippen molar-refractivity contribution in [2.75, 3.05) is 0 Å². The van der Waals surface area contributed by atoms with Crippen molar-refractivity contribution in [3.8, 4) is 0 Å². The van der Waals surface area contributed by atoms with Crippen LogP contribution in [0.5, 0.6) is 0 Å². The van der Waals surface area contributed by atoms with Gasteiger partial charge in [0.15, 0.2) is 20.5 Å². The van der Waals surface area contributed by atoms with Crippen LogP contribution in [-0.2, 0) is 10.9 Å². The van der Waals surface area contributed by atoms with Gasteiger partial charge in [0.25, 0.3) is 0 Å². The van der Waals surface area contributed by atoms with Gasteiger partial charge >= 0.3 is 0 Å². The lowest BCUT2D eigenvalue weighted by Gasteiger charge is -2.21. The summed E-state index contributed by atoms with van der Waals surface area (Å²) in [6.07, 6.45) is 0. The van der Waals surface area contributed by atoms with E-state index >= 15 is 0 Å². The summed E-state index contributed by atoms with van der Waals surface area (Å²) in [5, 5.41) is 0. The summed E-state index contributed by atoms with van der Waals surface area (Å²) >= 11 is 5.82. The molecule has 1 aliphatic carbocycles. The second kappa shape index (κ2) is 8.50. The summed E-state index contributed by atoms with van der Waals surface area (Å²) in [5.74, 6) is 0.425. The first-order valence-corrected chi connectivity index (χ1v) is 12.4. The van der Waals surface area contributed by atoms with Crippen molar-refractivity contribution in [3.63, 3.8) is 0 Å². The molecule has 0 radical (unpaired) electrons. The summed E-state index contributed by atoms with van der Waals surface area (Å²) in [6, 6.07) is 33.4. The Hall–Kier alpha value is -3.01. The number of carbonyl (C=O) groups excluding carboxylic acids is 1. The highest BCUT2D eigenvalue weighted by atomic mass is 32.2. The molecule has 4 aromatic rings. The minimum Gasteiger partial charge on any atom is -0.289 e. The summed E-state index contributed by atoms with van der Waals surface area (Å²) in [7, 11) is -0.304. The van der Waals surface area contributed by atoms with E-state index in [0.717, 1.165) is 32.0 Å². The first kappa shape index (κ1) is 20.9. The first-order valence-electron chi connectivity index (χ1n) is 10.8. The van der Waals surface area contributed by atoms with Crippen LogP contribution in [0.1, 0.15) is 52.4 Å². The van der Waals surface area contributed by atoms with E-state index in [-0.39, 0.29) is 16.7 Å². The Labute approximate surface area is 197 Å². The second-order valence-electron chi connectivity index (χ2n) is 8.26. The number of ketones is 1. The normalized spacial score (nSPS) is 12.8. The van der Waals surface area contributed by atoms with Gasteiger partial charge in [-0.05, 0) is 53.9 Å². The number of rotatable bonds is 4. The number of fused-ring (bicyclic) bond motifs is 2. The fourth-order valence-electron chi connectivity index (χ4n) is 4.15. The molecule has 0 heterocycles. The molecule has 0 aliphatic heterocycles. The largest absolute Gasteiger partial charge is 0.289 e. The van der Waals surface area contributed by atoms with E-state index in [2.05, 4.69) is 80.6 Å². The topological polar surface area (TPSA) is 17.1 Å². The highest BCUT2D eigenvalue weighted by molar-refractivity contribution is 7.97. The standard InChI is InChI=1S/C29H23OS2/c1-19(2)20-13-15-24-26(17-20)28(30)27-18-23(14-16-25(27)29(24)31)32(21-9-5-3-6-10-21)22-11-7-4-8-12-22/h3-19H,1-2H3/q+1. The van der Waals surface area contributed by atoms with Crippen molar-refractivity contribution < 1.29 is 4.79 Å². The van der Waals surface area contributed by atoms with Crippen LogP contribution >= 0.6 is 12.2 Å². The molecule has 0 unspecified atom stereocenters. The van der Waals surface area contributed by atoms with E-state index in [1.165, 1.54) is 9.79 Å². The van der Waals surface area contributed by atoms with Gasteiger partial charge in [0.2, 0.25) is 0 Å². The Kier molecular flexibility index (Phi) is 5.54. The monoisotopic (exact) mass is 451 g/mol. The average Bonchev–Trinajstić information content (AvgIpc) is 2.83. The predicted octanol–water partition coefficient (Wildman–Crippen LogP) is 7.22. The van der Waals surface area contributed by atoms with Crippen molar-refractivity contribution in [3.05, 3.63) is 125 Å². The lowest BCUT2D eigenvalue weighted by molar-refractivity contribution is 0.103. The zero-order valence-corrected chi connectivity index (χ0v) is 19.7. The molecule has 4 aromatic carbocycles. The molecular formula is C29H23OS2+. The Balaban J connectivity index is 1.66. The molecule has 156 valence electrons. The summed E-state index contributed by atoms with van der Waals surface area (Å²) < 4.78 is 0. The molecule has 32 heavy (non-hydrogen) atoms. The highest BCUT2D eigenvalue weighted by Gasteiger charge is 2.33. The van der Waals surface area contributed by atoms with E-state index in [1.54, 1.807) is 0 Å². The van der Waals surface area contributed by atoms with Crippen LogP contribution in [-0.4, -0.2) is 10.6 Å². The van der Waals surface area contributed by atoms with Gasteiger partial charge in [-0.15, -0.1) is 0 Å². The van der Waals surface area contributed by atoms with Crippen LogP contribution in [0.2, 0.25) is 0 Å². The Bertz CT molecular complexity index is 1280. The van der Waals surface area contributed by atoms with Crippen molar-refractivity contribution in [1.82, 2.24) is 0 Å². The van der Waals surface area contributed by atoms with Gasteiger partial charge in [0.1, 0.15) is 0 Å². The number of hydrogen-bond donors (Lipinski definition) is 0. The SMILES string of the molecule is CC(C)c1ccc2c(c1)C(=O)c1cc([S+](c3ccccc3)c3ccccc3)ccc1C2=S. The summed E-state index contributed by atoms with van der Waals surface area (Å²) in [5.41, 5.74) is 4.34. The first-order chi connectivity index (χ1) is 15.5. The fraction of sp³-hybridized carbons (Fsp3) is 0.103. The molecule has 1 aliphatic rings. The van der Waals surface area contributed by atoms with Gasteiger partial charge in [0, 0.05) is 28.3 Å². The molecule has 3 heteroatoms. The number of thiocarbonyl (C=S) groups is 1. The molecule has 0 aromatic heterocycles. The van der Waals surface area contributed by atoms with Crippen LogP contribution in [0.3, 0.4) is 0 Å². The fourth-order valence-corrected chi connectivity index (χ4v) is 6.63. The molecule has 0 amide bonds. The molecular weight excluding hydrogens is 428 g/mol. The number of carbonyl (C=O) groups is 1. The summed E-state index contributed by atoms with van der Waals surface area (Å²) in [4.78, 5) is 18.0. The van der Waals surface area contributed by atoms with Gasteiger partial charge in [0.05, 0.1) is 15.8 Å². The third-order valence-corrected chi connectivity index (χ3v) is 8.53. The van der Waals surface area contributed by atoms with E-state index in [9.17, 15) is 4.79 Å². The number of benzene rings is 4. The molecule has 0 fully saturated rings. The molecule has 1 nitrogen and oxygen atoms in total.